The number of hydrogen-bond donors (Lipinski definition) is 2. The number of fused-ring (bicyclic) bond motifs is 2. The fourth-order valence-corrected chi connectivity index (χ4v) is 3.84. The summed E-state index contributed by atoms with van der Waals surface area (Å²) in [6.45, 7) is 1.98. The van der Waals surface area contributed by atoms with Gasteiger partial charge in [0.2, 0.25) is 0 Å². The molecule has 1 aromatic rings. The SMILES string of the molecule is CC1CC2(NC(=O)NC2=O)c2cc(F)ccc2S1. The van der Waals surface area contributed by atoms with Crippen LogP contribution in [-0.4, -0.2) is 17.2 Å². The van der Waals surface area contributed by atoms with E-state index in [4.69, 9.17) is 0 Å². The van der Waals surface area contributed by atoms with Gasteiger partial charge in [0, 0.05) is 15.7 Å². The number of halogens is 1. The van der Waals surface area contributed by atoms with E-state index in [0.29, 0.717) is 12.0 Å². The third-order valence-electron chi connectivity index (χ3n) is 3.26. The molecule has 1 fully saturated rings. The minimum absolute atomic E-state index is 0.173. The largest absolute Gasteiger partial charge is 0.322 e. The average molecular weight is 266 g/mol. The number of carbonyl (C=O) groups is 2. The van der Waals surface area contributed by atoms with Crippen molar-refractivity contribution < 1.29 is 14.0 Å². The fourth-order valence-electron chi connectivity index (χ4n) is 2.56. The van der Waals surface area contributed by atoms with E-state index < -0.39 is 23.3 Å². The van der Waals surface area contributed by atoms with Crippen LogP contribution >= 0.6 is 11.8 Å². The molecule has 1 saturated heterocycles. The quantitative estimate of drug-likeness (QED) is 0.703. The van der Waals surface area contributed by atoms with Gasteiger partial charge in [-0.05, 0) is 24.6 Å². The maximum Gasteiger partial charge on any atom is 0.322 e. The topological polar surface area (TPSA) is 58.2 Å². The predicted molar refractivity (Wildman–Crippen MR) is 64.7 cm³/mol. The monoisotopic (exact) mass is 266 g/mol. The van der Waals surface area contributed by atoms with Crippen molar-refractivity contribution in [3.05, 3.63) is 29.6 Å². The van der Waals surface area contributed by atoms with E-state index in [9.17, 15) is 14.0 Å². The third kappa shape index (κ3) is 1.52. The number of thioether (sulfide) groups is 1. The first-order valence-electron chi connectivity index (χ1n) is 5.61. The van der Waals surface area contributed by atoms with Crippen LogP contribution in [0.1, 0.15) is 18.9 Å². The molecule has 0 bridgehead atoms. The molecule has 2 aliphatic heterocycles. The summed E-state index contributed by atoms with van der Waals surface area (Å²) in [6.07, 6.45) is 0.464. The molecule has 2 heterocycles. The molecule has 0 aliphatic carbocycles. The summed E-state index contributed by atoms with van der Waals surface area (Å²) in [4.78, 5) is 24.3. The highest BCUT2D eigenvalue weighted by Gasteiger charge is 2.51. The van der Waals surface area contributed by atoms with Crippen molar-refractivity contribution >= 4 is 23.7 Å². The Morgan fingerprint density at radius 3 is 2.89 bits per heavy atom. The standard InChI is InChI=1S/C12H11FN2O2S/c1-6-5-12(10(16)14-11(17)15-12)8-4-7(13)2-3-9(8)18-6/h2-4,6H,5H2,1H3,(H2,14,15,16,17). The molecule has 2 unspecified atom stereocenters. The molecule has 4 nitrogen and oxygen atoms in total. The molecule has 6 heteroatoms. The average Bonchev–Trinajstić information content (AvgIpc) is 2.55. The minimum atomic E-state index is -1.11. The lowest BCUT2D eigenvalue weighted by atomic mass is 9.85. The fraction of sp³-hybridized carbons (Fsp3) is 0.333. The molecular weight excluding hydrogens is 255 g/mol. The van der Waals surface area contributed by atoms with Gasteiger partial charge in [-0.1, -0.05) is 6.92 Å². The molecule has 3 rings (SSSR count). The van der Waals surface area contributed by atoms with E-state index in [1.54, 1.807) is 17.8 Å². The minimum Gasteiger partial charge on any atom is -0.319 e. The lowest BCUT2D eigenvalue weighted by Gasteiger charge is -2.35. The Balaban J connectivity index is 2.20. The molecule has 2 aliphatic rings. The van der Waals surface area contributed by atoms with Crippen LogP contribution < -0.4 is 10.6 Å². The highest BCUT2D eigenvalue weighted by atomic mass is 32.2. The van der Waals surface area contributed by atoms with Gasteiger partial charge in [-0.2, -0.15) is 0 Å². The van der Waals surface area contributed by atoms with Gasteiger partial charge >= 0.3 is 6.03 Å². The molecule has 3 amide bonds. The Bertz CT molecular complexity index is 563. The number of urea groups is 1. The zero-order chi connectivity index (χ0) is 12.9. The van der Waals surface area contributed by atoms with Gasteiger partial charge in [-0.3, -0.25) is 10.1 Å². The molecule has 0 aromatic heterocycles. The summed E-state index contributed by atoms with van der Waals surface area (Å²) in [6, 6.07) is 3.84. The second-order valence-electron chi connectivity index (χ2n) is 4.59. The predicted octanol–water partition coefficient (Wildman–Crippen LogP) is 1.74. The summed E-state index contributed by atoms with van der Waals surface area (Å²) in [5, 5.41) is 5.06. The van der Waals surface area contributed by atoms with Crippen molar-refractivity contribution in [2.24, 2.45) is 0 Å². The summed E-state index contributed by atoms with van der Waals surface area (Å²) in [7, 11) is 0. The van der Waals surface area contributed by atoms with Gasteiger partial charge in [0.25, 0.3) is 5.91 Å². The number of nitrogens with one attached hydrogen (secondary N) is 2. The zero-order valence-corrected chi connectivity index (χ0v) is 10.4. The Hall–Kier alpha value is -1.56. The first kappa shape index (κ1) is 11.5. The molecule has 1 spiro atoms. The van der Waals surface area contributed by atoms with Gasteiger partial charge in [0.1, 0.15) is 11.4 Å². The van der Waals surface area contributed by atoms with Crippen LogP contribution in [0.5, 0.6) is 0 Å². The molecule has 94 valence electrons. The number of amides is 3. The van der Waals surface area contributed by atoms with Crippen molar-refractivity contribution in [3.8, 4) is 0 Å². The number of carbonyl (C=O) groups excluding carboxylic acids is 2. The first-order chi connectivity index (χ1) is 8.51. The van der Waals surface area contributed by atoms with Gasteiger partial charge in [-0.15, -0.1) is 11.8 Å². The van der Waals surface area contributed by atoms with Gasteiger partial charge in [0.15, 0.2) is 0 Å². The van der Waals surface area contributed by atoms with E-state index in [1.807, 2.05) is 6.92 Å². The maximum absolute atomic E-state index is 13.4. The molecule has 2 atom stereocenters. The molecule has 1 aromatic carbocycles. The van der Waals surface area contributed by atoms with Crippen molar-refractivity contribution in [3.63, 3.8) is 0 Å². The van der Waals surface area contributed by atoms with E-state index >= 15 is 0 Å². The van der Waals surface area contributed by atoms with Gasteiger partial charge in [-0.25, -0.2) is 9.18 Å². The van der Waals surface area contributed by atoms with Crippen LogP contribution in [0, 0.1) is 5.82 Å². The lowest BCUT2D eigenvalue weighted by Crippen LogP contribution is -2.47. The first-order valence-corrected chi connectivity index (χ1v) is 6.49. The molecular formula is C12H11FN2O2S. The second-order valence-corrected chi connectivity index (χ2v) is 6.07. The number of imide groups is 1. The normalized spacial score (nSPS) is 30.0. The molecule has 18 heavy (non-hydrogen) atoms. The number of rotatable bonds is 0. The summed E-state index contributed by atoms with van der Waals surface area (Å²) >= 11 is 1.59. The van der Waals surface area contributed by atoms with E-state index in [2.05, 4.69) is 10.6 Å². The number of benzene rings is 1. The smallest absolute Gasteiger partial charge is 0.319 e. The lowest BCUT2D eigenvalue weighted by molar-refractivity contribution is -0.124. The summed E-state index contributed by atoms with van der Waals surface area (Å²) < 4.78 is 13.4. The summed E-state index contributed by atoms with van der Waals surface area (Å²) in [5.41, 5.74) is -0.562. The second kappa shape index (κ2) is 3.71. The van der Waals surface area contributed by atoms with Crippen LogP contribution in [0.2, 0.25) is 0 Å². The highest BCUT2D eigenvalue weighted by molar-refractivity contribution is 8.00. The Morgan fingerprint density at radius 1 is 1.44 bits per heavy atom. The van der Waals surface area contributed by atoms with Crippen LogP contribution in [-0.2, 0) is 10.3 Å². The van der Waals surface area contributed by atoms with Crippen molar-refractivity contribution in [1.82, 2.24) is 10.6 Å². The van der Waals surface area contributed by atoms with Gasteiger partial charge in [0.05, 0.1) is 0 Å². The zero-order valence-electron chi connectivity index (χ0n) is 9.62. The van der Waals surface area contributed by atoms with E-state index in [1.165, 1.54) is 12.1 Å². The Kier molecular flexibility index (Phi) is 2.38. The molecule has 2 N–H and O–H groups in total. The van der Waals surface area contributed by atoms with Crippen LogP contribution in [0.15, 0.2) is 23.1 Å². The van der Waals surface area contributed by atoms with Crippen LogP contribution in [0.25, 0.3) is 0 Å². The Labute approximate surface area is 107 Å². The summed E-state index contributed by atoms with van der Waals surface area (Å²) in [5.74, 6) is -0.802. The maximum atomic E-state index is 13.4. The van der Waals surface area contributed by atoms with E-state index in [0.717, 1.165) is 4.90 Å². The third-order valence-corrected chi connectivity index (χ3v) is 4.44. The Morgan fingerprint density at radius 2 is 2.22 bits per heavy atom. The highest BCUT2D eigenvalue weighted by Crippen LogP contribution is 2.45. The molecule has 0 radical (unpaired) electrons. The van der Waals surface area contributed by atoms with E-state index in [-0.39, 0.29) is 5.25 Å². The van der Waals surface area contributed by atoms with Gasteiger partial charge < -0.3 is 5.32 Å². The van der Waals surface area contributed by atoms with Crippen molar-refractivity contribution in [1.29, 1.82) is 0 Å². The number of hydrogen-bond acceptors (Lipinski definition) is 3. The van der Waals surface area contributed by atoms with Crippen molar-refractivity contribution in [2.75, 3.05) is 0 Å². The van der Waals surface area contributed by atoms with Crippen LogP contribution in [0.3, 0.4) is 0 Å². The molecule has 0 saturated carbocycles. The van der Waals surface area contributed by atoms with Crippen molar-refractivity contribution in [2.45, 2.75) is 29.0 Å². The van der Waals surface area contributed by atoms with Crippen LogP contribution in [0.4, 0.5) is 9.18 Å².